The first-order valence-corrected chi connectivity index (χ1v) is 7.67. The lowest BCUT2D eigenvalue weighted by Crippen LogP contribution is -2.42. The van der Waals surface area contributed by atoms with Gasteiger partial charge < -0.3 is 15.5 Å². The Balaban J connectivity index is 1.78. The van der Waals surface area contributed by atoms with Crippen molar-refractivity contribution in [3.63, 3.8) is 0 Å². The minimum absolute atomic E-state index is 0.116. The Bertz CT molecular complexity index is 618. The summed E-state index contributed by atoms with van der Waals surface area (Å²) in [4.78, 5) is 25.5. The second kappa shape index (κ2) is 6.04. The fourth-order valence-electron chi connectivity index (χ4n) is 3.26. The van der Waals surface area contributed by atoms with Gasteiger partial charge in [0.2, 0.25) is 11.8 Å². The van der Waals surface area contributed by atoms with Crippen LogP contribution >= 0.6 is 0 Å². The van der Waals surface area contributed by atoms with Crippen molar-refractivity contribution in [1.82, 2.24) is 10.2 Å². The SMILES string of the molecule is CC(=O)N1CCCC1C(=O)Nc1ccc2c(c1F)CCNC2. The summed E-state index contributed by atoms with van der Waals surface area (Å²) in [5, 5.41) is 5.85. The molecule has 0 bridgehead atoms. The van der Waals surface area contributed by atoms with Gasteiger partial charge >= 0.3 is 0 Å². The quantitative estimate of drug-likeness (QED) is 0.869. The van der Waals surface area contributed by atoms with Crippen LogP contribution in [-0.2, 0) is 22.6 Å². The fraction of sp³-hybridized carbons (Fsp3) is 0.500. The average molecular weight is 305 g/mol. The van der Waals surface area contributed by atoms with E-state index in [1.807, 2.05) is 6.07 Å². The molecule has 0 radical (unpaired) electrons. The normalized spacial score (nSPS) is 20.6. The van der Waals surface area contributed by atoms with Crippen LogP contribution in [0.2, 0.25) is 0 Å². The molecule has 1 saturated heterocycles. The van der Waals surface area contributed by atoms with Gasteiger partial charge in [0.05, 0.1) is 5.69 Å². The van der Waals surface area contributed by atoms with E-state index < -0.39 is 6.04 Å². The zero-order valence-corrected chi connectivity index (χ0v) is 12.6. The highest BCUT2D eigenvalue weighted by atomic mass is 19.1. The lowest BCUT2D eigenvalue weighted by Gasteiger charge is -2.23. The van der Waals surface area contributed by atoms with Gasteiger partial charge in [0, 0.05) is 20.0 Å². The standard InChI is InChI=1S/C16H20FN3O2/c1-10(21)20-8-2-3-14(20)16(22)19-13-5-4-11-9-18-7-6-12(11)15(13)17/h4-5,14,18H,2-3,6-9H2,1H3,(H,19,22). The summed E-state index contributed by atoms with van der Waals surface area (Å²) in [5.41, 5.74) is 1.82. The molecule has 6 heteroatoms. The summed E-state index contributed by atoms with van der Waals surface area (Å²) >= 11 is 0. The molecule has 2 heterocycles. The number of rotatable bonds is 2. The Morgan fingerprint density at radius 2 is 2.23 bits per heavy atom. The molecule has 1 fully saturated rings. The van der Waals surface area contributed by atoms with Crippen molar-refractivity contribution in [2.24, 2.45) is 0 Å². The molecule has 3 rings (SSSR count). The number of likely N-dealkylation sites (tertiary alicyclic amines) is 1. The first-order valence-electron chi connectivity index (χ1n) is 7.67. The highest BCUT2D eigenvalue weighted by Crippen LogP contribution is 2.26. The van der Waals surface area contributed by atoms with E-state index in [4.69, 9.17) is 0 Å². The number of hydrogen-bond donors (Lipinski definition) is 2. The van der Waals surface area contributed by atoms with Crippen LogP contribution in [0.3, 0.4) is 0 Å². The number of carbonyl (C=O) groups is 2. The van der Waals surface area contributed by atoms with Crippen LogP contribution in [-0.4, -0.2) is 35.8 Å². The largest absolute Gasteiger partial charge is 0.331 e. The Labute approximate surface area is 128 Å². The van der Waals surface area contributed by atoms with Crippen LogP contribution in [0, 0.1) is 5.82 Å². The summed E-state index contributed by atoms with van der Waals surface area (Å²) in [6.07, 6.45) is 2.05. The van der Waals surface area contributed by atoms with Crippen LogP contribution in [0.1, 0.15) is 30.9 Å². The number of carbonyl (C=O) groups excluding carboxylic acids is 2. The van der Waals surface area contributed by atoms with E-state index >= 15 is 0 Å². The van der Waals surface area contributed by atoms with Crippen LogP contribution in [0.25, 0.3) is 0 Å². The van der Waals surface area contributed by atoms with Crippen LogP contribution in [0.5, 0.6) is 0 Å². The molecule has 2 aliphatic heterocycles. The molecule has 1 atom stereocenters. The number of hydrogen-bond acceptors (Lipinski definition) is 3. The monoisotopic (exact) mass is 305 g/mol. The predicted octanol–water partition coefficient (Wildman–Crippen LogP) is 1.42. The van der Waals surface area contributed by atoms with E-state index in [2.05, 4.69) is 10.6 Å². The summed E-state index contributed by atoms with van der Waals surface area (Å²) in [5.74, 6) is -0.769. The van der Waals surface area contributed by atoms with E-state index in [0.717, 1.165) is 18.5 Å². The fourth-order valence-corrected chi connectivity index (χ4v) is 3.26. The molecule has 2 aliphatic rings. The van der Waals surface area contributed by atoms with Crippen molar-refractivity contribution in [3.8, 4) is 0 Å². The predicted molar refractivity (Wildman–Crippen MR) is 80.8 cm³/mol. The molecule has 2 N–H and O–H groups in total. The van der Waals surface area contributed by atoms with Gasteiger partial charge in [-0.3, -0.25) is 9.59 Å². The van der Waals surface area contributed by atoms with E-state index in [9.17, 15) is 14.0 Å². The minimum atomic E-state index is -0.491. The maximum absolute atomic E-state index is 14.5. The van der Waals surface area contributed by atoms with Crippen LogP contribution < -0.4 is 10.6 Å². The average Bonchev–Trinajstić information content (AvgIpc) is 3.00. The Morgan fingerprint density at radius 3 is 3.00 bits per heavy atom. The molecule has 0 spiro atoms. The van der Waals surface area contributed by atoms with Crippen molar-refractivity contribution < 1.29 is 14.0 Å². The number of nitrogens with zero attached hydrogens (tertiary/aromatic N) is 1. The molecule has 0 saturated carbocycles. The summed E-state index contributed by atoms with van der Waals surface area (Å²) < 4.78 is 14.5. The molecule has 22 heavy (non-hydrogen) atoms. The van der Waals surface area contributed by atoms with Crippen molar-refractivity contribution in [2.75, 3.05) is 18.4 Å². The van der Waals surface area contributed by atoms with Gasteiger partial charge in [-0.25, -0.2) is 4.39 Å². The summed E-state index contributed by atoms with van der Waals surface area (Å²) in [6.45, 7) is 3.44. The lowest BCUT2D eigenvalue weighted by atomic mass is 9.99. The number of amides is 2. The Kier molecular flexibility index (Phi) is 4.11. The molecular formula is C16H20FN3O2. The molecule has 118 valence electrons. The maximum Gasteiger partial charge on any atom is 0.247 e. The van der Waals surface area contributed by atoms with Crippen LogP contribution in [0.15, 0.2) is 12.1 Å². The second-order valence-electron chi connectivity index (χ2n) is 5.85. The first kappa shape index (κ1) is 15.0. The summed E-state index contributed by atoms with van der Waals surface area (Å²) in [7, 11) is 0. The van der Waals surface area contributed by atoms with Crippen molar-refractivity contribution in [1.29, 1.82) is 0 Å². The topological polar surface area (TPSA) is 61.4 Å². The molecular weight excluding hydrogens is 285 g/mol. The van der Waals surface area contributed by atoms with Crippen molar-refractivity contribution >= 4 is 17.5 Å². The van der Waals surface area contributed by atoms with Crippen LogP contribution in [0.4, 0.5) is 10.1 Å². The number of halogens is 1. The van der Waals surface area contributed by atoms with Gasteiger partial charge in [-0.2, -0.15) is 0 Å². The molecule has 1 unspecified atom stereocenters. The number of benzene rings is 1. The number of anilines is 1. The highest BCUT2D eigenvalue weighted by molar-refractivity contribution is 5.97. The first-order chi connectivity index (χ1) is 10.6. The van der Waals surface area contributed by atoms with Crippen molar-refractivity contribution in [3.05, 3.63) is 29.1 Å². The lowest BCUT2D eigenvalue weighted by molar-refractivity contribution is -0.134. The zero-order chi connectivity index (χ0) is 15.7. The van der Waals surface area contributed by atoms with Gasteiger partial charge in [-0.05, 0) is 43.0 Å². The Morgan fingerprint density at radius 1 is 1.41 bits per heavy atom. The summed E-state index contributed by atoms with van der Waals surface area (Å²) in [6, 6.07) is 2.96. The molecule has 2 amide bonds. The zero-order valence-electron chi connectivity index (χ0n) is 12.6. The third kappa shape index (κ3) is 2.70. The number of fused-ring (bicyclic) bond motifs is 1. The van der Waals surface area contributed by atoms with Gasteiger partial charge in [-0.1, -0.05) is 6.07 Å². The third-order valence-electron chi connectivity index (χ3n) is 4.43. The third-order valence-corrected chi connectivity index (χ3v) is 4.43. The van der Waals surface area contributed by atoms with Gasteiger partial charge in [0.25, 0.3) is 0 Å². The number of nitrogens with one attached hydrogen (secondary N) is 2. The Hall–Kier alpha value is -1.95. The van der Waals surface area contributed by atoms with E-state index in [-0.39, 0.29) is 23.3 Å². The second-order valence-corrected chi connectivity index (χ2v) is 5.85. The smallest absolute Gasteiger partial charge is 0.247 e. The molecule has 1 aromatic carbocycles. The molecule has 0 aliphatic carbocycles. The minimum Gasteiger partial charge on any atom is -0.331 e. The van der Waals surface area contributed by atoms with E-state index in [0.29, 0.717) is 31.5 Å². The highest BCUT2D eigenvalue weighted by Gasteiger charge is 2.32. The van der Waals surface area contributed by atoms with E-state index in [1.165, 1.54) is 6.92 Å². The molecule has 1 aromatic rings. The van der Waals surface area contributed by atoms with E-state index in [1.54, 1.807) is 11.0 Å². The molecule has 5 nitrogen and oxygen atoms in total. The maximum atomic E-state index is 14.5. The van der Waals surface area contributed by atoms with Crippen molar-refractivity contribution in [2.45, 2.75) is 38.8 Å². The van der Waals surface area contributed by atoms with Gasteiger partial charge in [0.1, 0.15) is 11.9 Å². The molecule has 0 aromatic heterocycles. The van der Waals surface area contributed by atoms with Gasteiger partial charge in [0.15, 0.2) is 0 Å². The van der Waals surface area contributed by atoms with Gasteiger partial charge in [-0.15, -0.1) is 0 Å².